The van der Waals surface area contributed by atoms with Crippen LogP contribution in [0.2, 0.25) is 0 Å². The molecule has 1 fully saturated rings. The smallest absolute Gasteiger partial charge is 0.226 e. The summed E-state index contributed by atoms with van der Waals surface area (Å²) in [5.74, 6) is -3.16. The Morgan fingerprint density at radius 2 is 1.64 bits per heavy atom. The third-order valence-electron chi connectivity index (χ3n) is 12.7. The maximum atomic E-state index is 14.8. The highest BCUT2D eigenvalue weighted by molar-refractivity contribution is 7.59. The van der Waals surface area contributed by atoms with Crippen molar-refractivity contribution in [1.29, 1.82) is 5.26 Å². The van der Waals surface area contributed by atoms with Gasteiger partial charge in [0.1, 0.15) is 23.6 Å². The van der Waals surface area contributed by atoms with Crippen molar-refractivity contribution in [2.75, 3.05) is 26.7 Å². The van der Waals surface area contributed by atoms with E-state index in [4.69, 9.17) is 20.4 Å². The molecule has 0 spiro atoms. The van der Waals surface area contributed by atoms with Gasteiger partial charge >= 0.3 is 0 Å². The summed E-state index contributed by atoms with van der Waals surface area (Å²) >= 11 is 0. The SMILES string of the molecule is Cc1nc(-c2ccc(C(C)(C)C)cc2)nc(C)c1C(=O)C[C@@H](CCN)C(=O)N(C)[C@@H]1C(=O)C[C@@H](C)C(=O)N[C@H](C(=O)CCC#N)Cc2ccc(O)c(c2)-c2cc1ccc2OC1CCNCC1.S. The summed E-state index contributed by atoms with van der Waals surface area (Å²) in [7, 11) is 1.51. The summed E-state index contributed by atoms with van der Waals surface area (Å²) in [6.45, 7) is 13.1. The molecule has 67 heavy (non-hydrogen) atoms. The molecule has 5 N–H and O–H groups in total. The maximum Gasteiger partial charge on any atom is 0.226 e. The second kappa shape index (κ2) is 22.7. The van der Waals surface area contributed by atoms with E-state index in [0.717, 1.165) is 31.5 Å². The van der Waals surface area contributed by atoms with Crippen LogP contribution in [0, 0.1) is 37.0 Å². The Kier molecular flexibility index (Phi) is 17.6. The van der Waals surface area contributed by atoms with E-state index in [0.29, 0.717) is 50.8 Å². The Hall–Kier alpha value is -5.95. The Labute approximate surface area is 400 Å². The first-order valence-electron chi connectivity index (χ1n) is 22.9. The Bertz CT molecular complexity index is 2490. The molecule has 3 heterocycles. The molecule has 4 aromatic rings. The van der Waals surface area contributed by atoms with Gasteiger partial charge in [-0.1, -0.05) is 64.1 Å². The van der Waals surface area contributed by atoms with E-state index in [1.165, 1.54) is 23.6 Å². The van der Waals surface area contributed by atoms with Crippen LogP contribution >= 0.6 is 13.5 Å². The lowest BCUT2D eigenvalue weighted by Crippen LogP contribution is -2.46. The zero-order valence-corrected chi connectivity index (χ0v) is 40.7. The number of hydrogen-bond acceptors (Lipinski definition) is 12. The van der Waals surface area contributed by atoms with E-state index in [9.17, 15) is 34.3 Å². The third kappa shape index (κ3) is 12.5. The van der Waals surface area contributed by atoms with Crippen molar-refractivity contribution in [2.24, 2.45) is 17.6 Å². The number of aromatic hydroxyl groups is 1. The number of aromatic nitrogens is 2. The molecule has 4 atom stereocenters. The largest absolute Gasteiger partial charge is 0.507 e. The summed E-state index contributed by atoms with van der Waals surface area (Å²) < 4.78 is 6.60. The highest BCUT2D eigenvalue weighted by Gasteiger charge is 2.37. The van der Waals surface area contributed by atoms with E-state index in [-0.39, 0.29) is 87.4 Å². The van der Waals surface area contributed by atoms with Gasteiger partial charge in [0.25, 0.3) is 0 Å². The number of nitrogens with zero attached hydrogens (tertiary/aromatic N) is 4. The molecule has 0 unspecified atom stereocenters. The molecule has 15 heteroatoms. The standard InChI is InChI=1S/C52H63N7O7.H2S/c1-30-25-45(63)48(59(7)51(65)36(18-22-54)29-44(62)47-31(2)56-49(57-32(47)3)34-11-14-37(15-12-34)52(4,5)6)35-13-17-46(66-38-19-23-55-24-20-38)40(28-35)39-26-33(10-16-42(39)60)27-41(58-50(30)64)43(61)9-8-21-53;/h10-17,26,28,30,36,38,41,48,55,60H,8-9,18-20,22-25,27,29,54H2,1-7H3,(H,58,64);1H2/t30-,36-,41+,48+;/m1./s1. The number of amides is 2. The van der Waals surface area contributed by atoms with Gasteiger partial charge in [0.05, 0.1) is 29.1 Å². The van der Waals surface area contributed by atoms with Crippen molar-refractivity contribution in [2.45, 2.75) is 117 Å². The van der Waals surface area contributed by atoms with E-state index in [1.807, 2.05) is 30.3 Å². The van der Waals surface area contributed by atoms with E-state index in [1.54, 1.807) is 51.1 Å². The number of benzene rings is 3. The zero-order chi connectivity index (χ0) is 47.9. The fourth-order valence-corrected chi connectivity index (χ4v) is 8.95. The minimum Gasteiger partial charge on any atom is -0.507 e. The van der Waals surface area contributed by atoms with Crippen LogP contribution in [0.4, 0.5) is 0 Å². The van der Waals surface area contributed by atoms with Crippen LogP contribution in [0.3, 0.4) is 0 Å². The summed E-state index contributed by atoms with van der Waals surface area (Å²) in [5.41, 5.74) is 11.2. The number of fused-ring (bicyclic) bond motifs is 5. The number of phenols is 1. The lowest BCUT2D eigenvalue weighted by molar-refractivity contribution is -0.142. The fraction of sp³-hybridized carbons (Fsp3) is 0.462. The second-order valence-corrected chi connectivity index (χ2v) is 18.8. The molecule has 2 aliphatic rings. The number of rotatable bonds is 13. The average Bonchev–Trinajstić information content (AvgIpc) is 3.28. The van der Waals surface area contributed by atoms with E-state index >= 15 is 0 Å². The first-order valence-corrected chi connectivity index (χ1v) is 22.9. The molecule has 1 saturated heterocycles. The van der Waals surface area contributed by atoms with Crippen LogP contribution < -0.4 is 21.1 Å². The molecule has 356 valence electrons. The quantitative estimate of drug-likeness (QED) is 0.101. The van der Waals surface area contributed by atoms with Crippen LogP contribution in [-0.4, -0.2) is 88.0 Å². The number of ketones is 3. The number of phenolic OH excluding ortho intramolecular Hbond substituents is 1. The number of carbonyl (C=O) groups excluding carboxylic acids is 5. The minimum atomic E-state index is -1.24. The van der Waals surface area contributed by atoms with Crippen molar-refractivity contribution in [3.63, 3.8) is 0 Å². The number of nitrogens with two attached hydrogens (primary N) is 1. The normalized spacial score (nSPS) is 18.3. The number of nitriles is 1. The molecule has 0 saturated carbocycles. The fourth-order valence-electron chi connectivity index (χ4n) is 8.95. The summed E-state index contributed by atoms with van der Waals surface area (Å²) in [5, 5.41) is 26.8. The summed E-state index contributed by atoms with van der Waals surface area (Å²) in [6.07, 6.45) is 0.952. The molecule has 3 aromatic carbocycles. The van der Waals surface area contributed by atoms with Crippen molar-refractivity contribution >= 4 is 42.7 Å². The predicted octanol–water partition coefficient (Wildman–Crippen LogP) is 6.92. The molecule has 0 radical (unpaired) electrons. The first kappa shape index (κ1) is 52.0. The second-order valence-electron chi connectivity index (χ2n) is 18.8. The van der Waals surface area contributed by atoms with Crippen LogP contribution in [0.5, 0.6) is 11.5 Å². The van der Waals surface area contributed by atoms with Crippen molar-refractivity contribution in [3.05, 3.63) is 94.3 Å². The topological polar surface area (TPSA) is 218 Å². The van der Waals surface area contributed by atoms with E-state index in [2.05, 4.69) is 31.4 Å². The summed E-state index contributed by atoms with van der Waals surface area (Å²) in [6, 6.07) is 17.9. The Morgan fingerprint density at radius 3 is 2.27 bits per heavy atom. The lowest BCUT2D eigenvalue weighted by Gasteiger charge is -2.32. The Balaban J connectivity index is 0.00000840. The van der Waals surface area contributed by atoms with Crippen LogP contribution in [0.1, 0.15) is 117 Å². The van der Waals surface area contributed by atoms with Gasteiger partial charge in [-0.3, -0.25) is 24.0 Å². The van der Waals surface area contributed by atoms with Crippen molar-refractivity contribution < 1.29 is 33.8 Å². The molecule has 2 aliphatic heterocycles. The number of carbonyl (C=O) groups is 5. The lowest BCUT2D eigenvalue weighted by atomic mass is 9.86. The molecular formula is C52H65N7O7S. The third-order valence-corrected chi connectivity index (χ3v) is 12.7. The number of likely N-dealkylation sites (N-methyl/N-ethyl adjacent to an activating group) is 1. The van der Waals surface area contributed by atoms with E-state index < -0.39 is 41.5 Å². The molecule has 2 amide bonds. The molecule has 0 aliphatic carbocycles. The van der Waals surface area contributed by atoms with Gasteiger partial charge < -0.3 is 31.1 Å². The van der Waals surface area contributed by atoms with Gasteiger partial charge in [0, 0.05) is 61.3 Å². The number of hydrogen-bond donors (Lipinski definition) is 4. The highest BCUT2D eigenvalue weighted by Crippen LogP contribution is 2.41. The van der Waals surface area contributed by atoms with Gasteiger partial charge in [0.2, 0.25) is 11.8 Å². The molecular weight excluding hydrogens is 867 g/mol. The highest BCUT2D eigenvalue weighted by atomic mass is 32.1. The number of aryl methyl sites for hydroxylation is 2. The van der Waals surface area contributed by atoms with Gasteiger partial charge in [0.15, 0.2) is 23.2 Å². The number of piperidine rings is 1. The van der Waals surface area contributed by atoms with Crippen molar-refractivity contribution in [3.8, 4) is 40.1 Å². The predicted molar refractivity (Wildman–Crippen MR) is 262 cm³/mol. The minimum absolute atomic E-state index is 0. The van der Waals surface area contributed by atoms with Crippen LogP contribution in [0.25, 0.3) is 22.5 Å². The maximum absolute atomic E-state index is 14.8. The van der Waals surface area contributed by atoms with Gasteiger partial charge in [-0.25, -0.2) is 9.97 Å². The molecule has 14 nitrogen and oxygen atoms in total. The Morgan fingerprint density at radius 1 is 0.970 bits per heavy atom. The number of Topliss-reactive ketones (excluding diaryl/α,β-unsaturated/α-hetero) is 3. The zero-order valence-electron chi connectivity index (χ0n) is 39.7. The van der Waals surface area contributed by atoms with Gasteiger partial charge in [-0.2, -0.15) is 18.8 Å². The number of ether oxygens (including phenoxy) is 1. The molecule has 4 bridgehead atoms. The van der Waals surface area contributed by atoms with Crippen molar-refractivity contribution in [1.82, 2.24) is 25.5 Å². The van der Waals surface area contributed by atoms with Gasteiger partial charge in [-0.05, 0) is 106 Å². The van der Waals surface area contributed by atoms with Crippen LogP contribution in [-0.2, 0) is 31.0 Å². The first-order chi connectivity index (χ1) is 31.4. The molecule has 6 rings (SSSR count). The summed E-state index contributed by atoms with van der Waals surface area (Å²) in [4.78, 5) is 81.8. The molecule has 1 aromatic heterocycles. The monoisotopic (exact) mass is 931 g/mol. The average molecular weight is 932 g/mol. The van der Waals surface area contributed by atoms with Gasteiger partial charge in [-0.15, -0.1) is 0 Å². The number of nitrogens with one attached hydrogen (secondary N) is 2. The van der Waals surface area contributed by atoms with Crippen LogP contribution in [0.15, 0.2) is 60.7 Å².